The van der Waals surface area contributed by atoms with Crippen LogP contribution in [0.2, 0.25) is 0 Å². The van der Waals surface area contributed by atoms with Crippen LogP contribution in [-0.4, -0.2) is 13.4 Å². The summed E-state index contributed by atoms with van der Waals surface area (Å²) < 4.78 is 39.4. The summed E-state index contributed by atoms with van der Waals surface area (Å²) in [6.45, 7) is 1.70. The fourth-order valence-electron chi connectivity index (χ4n) is 1.08. The number of hydrogen-bond acceptors (Lipinski definition) is 2. The molecular formula is C9H10F3NO. The molecule has 0 bridgehead atoms. The average Bonchev–Trinajstić information content (AvgIpc) is 1.99. The minimum atomic E-state index is -4.64. The van der Waals surface area contributed by atoms with Crippen LogP contribution in [0.25, 0.3) is 0 Å². The molecule has 0 saturated carbocycles. The Balaban J connectivity index is 2.92. The molecule has 2 nitrogen and oxygen atoms in total. The summed E-state index contributed by atoms with van der Waals surface area (Å²) >= 11 is 0. The van der Waals surface area contributed by atoms with Crippen LogP contribution in [0.1, 0.15) is 5.56 Å². The highest BCUT2D eigenvalue weighted by Crippen LogP contribution is 2.26. The van der Waals surface area contributed by atoms with Gasteiger partial charge in [-0.25, -0.2) is 0 Å². The Bertz CT molecular complexity index is 322. The zero-order chi connectivity index (χ0) is 10.8. The van der Waals surface area contributed by atoms with E-state index >= 15 is 0 Å². The maximum absolute atomic E-state index is 11.9. The summed E-state index contributed by atoms with van der Waals surface area (Å²) in [7, 11) is 1.63. The SMILES string of the molecule is CNc1cc(C)cc(OC(F)(F)F)c1. The molecule has 0 saturated heterocycles. The zero-order valence-electron chi connectivity index (χ0n) is 7.77. The highest BCUT2D eigenvalue weighted by atomic mass is 19.4. The molecule has 0 amide bonds. The average molecular weight is 205 g/mol. The summed E-state index contributed by atoms with van der Waals surface area (Å²) in [6, 6.07) is 4.35. The van der Waals surface area contributed by atoms with Gasteiger partial charge in [-0.2, -0.15) is 0 Å². The summed E-state index contributed by atoms with van der Waals surface area (Å²) in [5.74, 6) is -0.207. The molecule has 0 spiro atoms. The van der Waals surface area contributed by atoms with Crippen molar-refractivity contribution in [3.63, 3.8) is 0 Å². The molecule has 78 valence electrons. The van der Waals surface area contributed by atoms with Gasteiger partial charge in [-0.3, -0.25) is 0 Å². The highest BCUT2D eigenvalue weighted by molar-refractivity contribution is 5.50. The van der Waals surface area contributed by atoms with Crippen LogP contribution in [0.4, 0.5) is 18.9 Å². The van der Waals surface area contributed by atoms with E-state index in [1.54, 1.807) is 20.0 Å². The lowest BCUT2D eigenvalue weighted by Gasteiger charge is -2.11. The number of halogens is 3. The number of alkyl halides is 3. The fraction of sp³-hybridized carbons (Fsp3) is 0.333. The molecule has 1 rings (SSSR count). The first kappa shape index (κ1) is 10.7. The van der Waals surface area contributed by atoms with Gasteiger partial charge in [0.1, 0.15) is 5.75 Å². The van der Waals surface area contributed by atoms with Crippen LogP contribution in [0.3, 0.4) is 0 Å². The van der Waals surface area contributed by atoms with Crippen molar-refractivity contribution in [3.05, 3.63) is 23.8 Å². The van der Waals surface area contributed by atoms with Gasteiger partial charge in [-0.15, -0.1) is 13.2 Å². The summed E-state index contributed by atoms with van der Waals surface area (Å²) in [5.41, 5.74) is 1.29. The predicted octanol–water partition coefficient (Wildman–Crippen LogP) is 2.94. The van der Waals surface area contributed by atoms with Crippen molar-refractivity contribution in [2.45, 2.75) is 13.3 Å². The number of aryl methyl sites for hydroxylation is 1. The van der Waals surface area contributed by atoms with Crippen LogP contribution in [0, 0.1) is 6.92 Å². The molecule has 0 aliphatic heterocycles. The Morgan fingerprint density at radius 1 is 1.21 bits per heavy atom. The van der Waals surface area contributed by atoms with Crippen molar-refractivity contribution in [2.24, 2.45) is 0 Å². The normalized spacial score (nSPS) is 11.2. The number of rotatable bonds is 2. The van der Waals surface area contributed by atoms with E-state index in [1.807, 2.05) is 0 Å². The third-order valence-electron chi connectivity index (χ3n) is 1.57. The summed E-state index contributed by atoms with van der Waals surface area (Å²) in [5, 5.41) is 2.75. The Morgan fingerprint density at radius 3 is 2.36 bits per heavy atom. The van der Waals surface area contributed by atoms with Gasteiger partial charge in [-0.05, 0) is 24.6 Å². The first-order valence-electron chi connectivity index (χ1n) is 3.96. The molecular weight excluding hydrogens is 195 g/mol. The molecule has 0 atom stereocenters. The summed E-state index contributed by atoms with van der Waals surface area (Å²) in [4.78, 5) is 0. The third kappa shape index (κ3) is 3.16. The van der Waals surface area contributed by atoms with Crippen molar-refractivity contribution in [2.75, 3.05) is 12.4 Å². The predicted molar refractivity (Wildman–Crippen MR) is 47.4 cm³/mol. The summed E-state index contributed by atoms with van der Waals surface area (Å²) in [6.07, 6.45) is -4.64. The van der Waals surface area contributed by atoms with Gasteiger partial charge >= 0.3 is 6.36 Å². The molecule has 14 heavy (non-hydrogen) atoms. The molecule has 1 aromatic carbocycles. The second kappa shape index (κ2) is 3.77. The van der Waals surface area contributed by atoms with Gasteiger partial charge in [0.25, 0.3) is 0 Å². The van der Waals surface area contributed by atoms with Crippen LogP contribution >= 0.6 is 0 Å². The van der Waals surface area contributed by atoms with Crippen molar-refractivity contribution in [1.29, 1.82) is 0 Å². The maximum atomic E-state index is 11.9. The topological polar surface area (TPSA) is 21.3 Å². The number of hydrogen-bond donors (Lipinski definition) is 1. The molecule has 0 aliphatic carbocycles. The van der Waals surface area contributed by atoms with Crippen molar-refractivity contribution in [3.8, 4) is 5.75 Å². The van der Waals surface area contributed by atoms with Crippen LogP contribution in [0.15, 0.2) is 18.2 Å². The first-order chi connectivity index (χ1) is 6.40. The zero-order valence-corrected chi connectivity index (χ0v) is 7.77. The smallest absolute Gasteiger partial charge is 0.406 e. The van der Waals surface area contributed by atoms with E-state index in [4.69, 9.17) is 0 Å². The first-order valence-corrected chi connectivity index (χ1v) is 3.96. The molecule has 5 heteroatoms. The lowest BCUT2D eigenvalue weighted by atomic mass is 10.2. The Hall–Kier alpha value is -1.39. The van der Waals surface area contributed by atoms with Gasteiger partial charge < -0.3 is 10.1 Å². The molecule has 1 N–H and O–H groups in total. The highest BCUT2D eigenvalue weighted by Gasteiger charge is 2.31. The van der Waals surface area contributed by atoms with E-state index < -0.39 is 6.36 Å². The molecule has 0 unspecified atom stereocenters. The minimum Gasteiger partial charge on any atom is -0.406 e. The molecule has 0 aromatic heterocycles. The van der Waals surface area contributed by atoms with E-state index in [0.717, 1.165) is 0 Å². The maximum Gasteiger partial charge on any atom is 0.573 e. The standard InChI is InChI=1S/C9H10F3NO/c1-6-3-7(13-2)5-8(4-6)14-9(10,11)12/h3-5,13H,1-2H3. The van der Waals surface area contributed by atoms with Crippen molar-refractivity contribution in [1.82, 2.24) is 0 Å². The number of benzene rings is 1. The largest absolute Gasteiger partial charge is 0.573 e. The van der Waals surface area contributed by atoms with E-state index in [0.29, 0.717) is 11.3 Å². The molecule has 0 aliphatic rings. The van der Waals surface area contributed by atoms with Gasteiger partial charge in [0.05, 0.1) is 0 Å². The van der Waals surface area contributed by atoms with Crippen molar-refractivity contribution < 1.29 is 17.9 Å². The fourth-order valence-corrected chi connectivity index (χ4v) is 1.08. The third-order valence-corrected chi connectivity index (χ3v) is 1.57. The second-order valence-corrected chi connectivity index (χ2v) is 2.83. The lowest BCUT2D eigenvalue weighted by Crippen LogP contribution is -2.17. The van der Waals surface area contributed by atoms with E-state index in [1.165, 1.54) is 12.1 Å². The van der Waals surface area contributed by atoms with Gasteiger partial charge in [0, 0.05) is 18.8 Å². The van der Waals surface area contributed by atoms with Gasteiger partial charge in [0.2, 0.25) is 0 Å². The lowest BCUT2D eigenvalue weighted by molar-refractivity contribution is -0.274. The van der Waals surface area contributed by atoms with Gasteiger partial charge in [0.15, 0.2) is 0 Å². The van der Waals surface area contributed by atoms with Crippen LogP contribution in [0.5, 0.6) is 5.75 Å². The van der Waals surface area contributed by atoms with Gasteiger partial charge in [-0.1, -0.05) is 0 Å². The van der Waals surface area contributed by atoms with E-state index in [9.17, 15) is 13.2 Å². The quantitative estimate of drug-likeness (QED) is 0.801. The van der Waals surface area contributed by atoms with E-state index in [-0.39, 0.29) is 5.75 Å². The molecule has 0 fully saturated rings. The minimum absolute atomic E-state index is 0.207. The Labute approximate surface area is 79.7 Å². The number of anilines is 1. The number of ether oxygens (including phenoxy) is 1. The van der Waals surface area contributed by atoms with Crippen LogP contribution < -0.4 is 10.1 Å². The second-order valence-electron chi connectivity index (χ2n) is 2.83. The molecule has 0 radical (unpaired) electrons. The van der Waals surface area contributed by atoms with Crippen LogP contribution in [-0.2, 0) is 0 Å². The van der Waals surface area contributed by atoms with E-state index in [2.05, 4.69) is 10.1 Å². The Kier molecular flexibility index (Phi) is 2.88. The molecule has 0 heterocycles. The Morgan fingerprint density at radius 2 is 1.86 bits per heavy atom. The molecule has 1 aromatic rings. The monoisotopic (exact) mass is 205 g/mol. The number of nitrogens with one attached hydrogen (secondary N) is 1. The van der Waals surface area contributed by atoms with Crippen molar-refractivity contribution >= 4 is 5.69 Å².